The van der Waals surface area contributed by atoms with Crippen LogP contribution in [0.3, 0.4) is 0 Å². The highest BCUT2D eigenvalue weighted by atomic mass is 79.9. The second kappa shape index (κ2) is 4.60. The monoisotopic (exact) mass is 229 g/mol. The third kappa shape index (κ3) is 2.59. The van der Waals surface area contributed by atoms with Gasteiger partial charge >= 0.3 is 0 Å². The first kappa shape index (κ1) is 9.71. The van der Waals surface area contributed by atoms with E-state index in [0.717, 1.165) is 10.0 Å². The van der Waals surface area contributed by atoms with E-state index in [-0.39, 0.29) is 12.6 Å². The molecule has 12 heavy (non-hydrogen) atoms. The summed E-state index contributed by atoms with van der Waals surface area (Å²) < 4.78 is 1.02. The van der Waals surface area contributed by atoms with Crippen molar-refractivity contribution in [2.24, 2.45) is 5.73 Å². The van der Waals surface area contributed by atoms with E-state index in [1.165, 1.54) is 0 Å². The zero-order valence-electron chi connectivity index (χ0n) is 6.70. The molecule has 0 amide bonds. The number of rotatable bonds is 3. The van der Waals surface area contributed by atoms with E-state index in [4.69, 9.17) is 10.8 Å². The second-order valence-electron chi connectivity index (χ2n) is 2.67. The van der Waals surface area contributed by atoms with Crippen molar-refractivity contribution in [3.8, 4) is 0 Å². The van der Waals surface area contributed by atoms with Crippen LogP contribution in [0.1, 0.15) is 18.0 Å². The van der Waals surface area contributed by atoms with E-state index in [0.29, 0.717) is 6.42 Å². The molecular formula is C9H12BrNO. The minimum absolute atomic E-state index is 0.0625. The molecule has 0 aliphatic rings. The van der Waals surface area contributed by atoms with Crippen molar-refractivity contribution >= 4 is 15.9 Å². The van der Waals surface area contributed by atoms with Gasteiger partial charge in [0.25, 0.3) is 0 Å². The van der Waals surface area contributed by atoms with Gasteiger partial charge in [-0.2, -0.15) is 0 Å². The summed E-state index contributed by atoms with van der Waals surface area (Å²) in [5, 5.41) is 8.68. The molecule has 1 atom stereocenters. The SMILES string of the molecule is N[C@H](CCO)c1cccc(Br)c1. The fraction of sp³-hybridized carbons (Fsp3) is 0.333. The van der Waals surface area contributed by atoms with Crippen LogP contribution >= 0.6 is 15.9 Å². The Hall–Kier alpha value is -0.380. The van der Waals surface area contributed by atoms with E-state index < -0.39 is 0 Å². The highest BCUT2D eigenvalue weighted by Gasteiger charge is 2.04. The van der Waals surface area contributed by atoms with Gasteiger partial charge in [0.1, 0.15) is 0 Å². The molecular weight excluding hydrogens is 218 g/mol. The van der Waals surface area contributed by atoms with Gasteiger partial charge in [0.15, 0.2) is 0 Å². The number of hydrogen-bond donors (Lipinski definition) is 2. The topological polar surface area (TPSA) is 46.2 Å². The van der Waals surface area contributed by atoms with E-state index in [2.05, 4.69) is 15.9 Å². The van der Waals surface area contributed by atoms with E-state index >= 15 is 0 Å². The first-order valence-corrected chi connectivity index (χ1v) is 4.65. The molecule has 0 bridgehead atoms. The zero-order valence-corrected chi connectivity index (χ0v) is 8.29. The number of aliphatic hydroxyl groups excluding tert-OH is 1. The Kier molecular flexibility index (Phi) is 3.72. The maximum Gasteiger partial charge on any atom is 0.0449 e. The van der Waals surface area contributed by atoms with Crippen LogP contribution in [-0.4, -0.2) is 11.7 Å². The highest BCUT2D eigenvalue weighted by molar-refractivity contribution is 9.10. The molecule has 1 aromatic rings. The third-order valence-electron chi connectivity index (χ3n) is 1.72. The van der Waals surface area contributed by atoms with E-state index in [9.17, 15) is 0 Å². The van der Waals surface area contributed by atoms with Crippen LogP contribution in [-0.2, 0) is 0 Å². The largest absolute Gasteiger partial charge is 0.396 e. The molecule has 0 saturated heterocycles. The molecule has 0 saturated carbocycles. The quantitative estimate of drug-likeness (QED) is 0.832. The van der Waals surface area contributed by atoms with E-state index in [1.807, 2.05) is 24.3 Å². The summed E-state index contributed by atoms with van der Waals surface area (Å²) in [5.41, 5.74) is 6.85. The molecule has 1 rings (SSSR count). The van der Waals surface area contributed by atoms with Crippen molar-refractivity contribution in [3.05, 3.63) is 34.3 Å². The van der Waals surface area contributed by atoms with Crippen molar-refractivity contribution < 1.29 is 5.11 Å². The number of nitrogens with two attached hydrogens (primary N) is 1. The number of benzene rings is 1. The zero-order chi connectivity index (χ0) is 8.97. The van der Waals surface area contributed by atoms with Crippen molar-refractivity contribution in [2.75, 3.05) is 6.61 Å². The average molecular weight is 230 g/mol. The summed E-state index contributed by atoms with van der Waals surface area (Å²) in [6.45, 7) is 0.133. The maximum atomic E-state index is 8.68. The molecule has 2 nitrogen and oxygen atoms in total. The fourth-order valence-corrected chi connectivity index (χ4v) is 1.46. The molecule has 3 N–H and O–H groups in total. The maximum absolute atomic E-state index is 8.68. The Morgan fingerprint density at radius 3 is 2.83 bits per heavy atom. The Balaban J connectivity index is 2.73. The Morgan fingerprint density at radius 2 is 2.25 bits per heavy atom. The summed E-state index contributed by atoms with van der Waals surface area (Å²) >= 11 is 3.36. The molecule has 0 heterocycles. The van der Waals surface area contributed by atoms with Gasteiger partial charge in [0, 0.05) is 17.1 Å². The lowest BCUT2D eigenvalue weighted by atomic mass is 10.1. The number of aliphatic hydroxyl groups is 1. The summed E-state index contributed by atoms with van der Waals surface area (Å²) in [6.07, 6.45) is 0.608. The fourth-order valence-electron chi connectivity index (χ4n) is 1.04. The summed E-state index contributed by atoms with van der Waals surface area (Å²) in [7, 11) is 0. The molecule has 0 aliphatic carbocycles. The second-order valence-corrected chi connectivity index (χ2v) is 3.59. The normalized spacial score (nSPS) is 12.9. The third-order valence-corrected chi connectivity index (χ3v) is 2.21. The van der Waals surface area contributed by atoms with Crippen molar-refractivity contribution in [1.29, 1.82) is 0 Å². The number of hydrogen-bond acceptors (Lipinski definition) is 2. The lowest BCUT2D eigenvalue weighted by Gasteiger charge is -2.09. The Morgan fingerprint density at radius 1 is 1.50 bits per heavy atom. The van der Waals surface area contributed by atoms with Crippen molar-refractivity contribution in [2.45, 2.75) is 12.5 Å². The van der Waals surface area contributed by atoms with Crippen LogP contribution in [0.4, 0.5) is 0 Å². The number of halogens is 1. The molecule has 0 aliphatic heterocycles. The van der Waals surface area contributed by atoms with Gasteiger partial charge in [0.05, 0.1) is 0 Å². The standard InChI is InChI=1S/C9H12BrNO/c10-8-3-1-2-7(6-8)9(11)4-5-12/h1-3,6,9,12H,4-5,11H2/t9-/m1/s1. The molecule has 1 aromatic carbocycles. The highest BCUT2D eigenvalue weighted by Crippen LogP contribution is 2.18. The lowest BCUT2D eigenvalue weighted by Crippen LogP contribution is -2.11. The van der Waals surface area contributed by atoms with Gasteiger partial charge in [-0.3, -0.25) is 0 Å². The molecule has 0 fully saturated rings. The van der Waals surface area contributed by atoms with Crippen LogP contribution in [0.15, 0.2) is 28.7 Å². The van der Waals surface area contributed by atoms with Crippen LogP contribution in [0.5, 0.6) is 0 Å². The first-order valence-electron chi connectivity index (χ1n) is 3.86. The van der Waals surface area contributed by atoms with Crippen molar-refractivity contribution in [3.63, 3.8) is 0 Å². The molecule has 66 valence electrons. The van der Waals surface area contributed by atoms with Crippen LogP contribution in [0.2, 0.25) is 0 Å². The summed E-state index contributed by atoms with van der Waals surface area (Å²) in [6, 6.07) is 7.77. The van der Waals surface area contributed by atoms with Gasteiger partial charge in [-0.05, 0) is 24.1 Å². The molecule has 0 aromatic heterocycles. The van der Waals surface area contributed by atoms with Gasteiger partial charge in [0.2, 0.25) is 0 Å². The minimum atomic E-state index is -0.0625. The van der Waals surface area contributed by atoms with Crippen LogP contribution in [0.25, 0.3) is 0 Å². The predicted octanol–water partition coefficient (Wildman–Crippen LogP) is 1.83. The lowest BCUT2D eigenvalue weighted by molar-refractivity contribution is 0.276. The molecule has 0 radical (unpaired) electrons. The molecule has 0 unspecified atom stereocenters. The smallest absolute Gasteiger partial charge is 0.0449 e. The van der Waals surface area contributed by atoms with Crippen LogP contribution < -0.4 is 5.73 Å². The average Bonchev–Trinajstić information content (AvgIpc) is 2.05. The van der Waals surface area contributed by atoms with Gasteiger partial charge < -0.3 is 10.8 Å². The predicted molar refractivity (Wildman–Crippen MR) is 52.8 cm³/mol. The van der Waals surface area contributed by atoms with Gasteiger partial charge in [-0.1, -0.05) is 28.1 Å². The van der Waals surface area contributed by atoms with Gasteiger partial charge in [-0.15, -0.1) is 0 Å². The Bertz CT molecular complexity index is 252. The summed E-state index contributed by atoms with van der Waals surface area (Å²) in [4.78, 5) is 0. The first-order chi connectivity index (χ1) is 5.74. The van der Waals surface area contributed by atoms with Crippen LogP contribution in [0, 0.1) is 0 Å². The van der Waals surface area contributed by atoms with Gasteiger partial charge in [-0.25, -0.2) is 0 Å². The summed E-state index contributed by atoms with van der Waals surface area (Å²) in [5.74, 6) is 0. The minimum Gasteiger partial charge on any atom is -0.396 e. The molecule has 0 spiro atoms. The molecule has 3 heteroatoms. The Labute approximate surface area is 80.5 Å². The van der Waals surface area contributed by atoms with E-state index in [1.54, 1.807) is 0 Å². The van der Waals surface area contributed by atoms with Crippen molar-refractivity contribution in [1.82, 2.24) is 0 Å².